The quantitative estimate of drug-likeness (QED) is 0.215. The van der Waals surface area contributed by atoms with Crippen molar-refractivity contribution in [2.45, 2.75) is 38.3 Å². The number of carbonyl (C=O) groups is 1. The number of carbonyl (C=O) groups excluding carboxylic acids is 1. The number of ether oxygens (including phenoxy) is 2. The minimum atomic E-state index is -0.847. The molecule has 0 spiro atoms. The predicted molar refractivity (Wildman–Crippen MR) is 127 cm³/mol. The summed E-state index contributed by atoms with van der Waals surface area (Å²) < 4.78 is 78.5. The summed E-state index contributed by atoms with van der Waals surface area (Å²) in [5.74, 6) is -0.280. The highest BCUT2D eigenvalue weighted by atomic mass is 32.2. The molecule has 0 aliphatic heterocycles. The number of nitrogens with one attached hydrogen (secondary N) is 1. The van der Waals surface area contributed by atoms with Crippen molar-refractivity contribution in [3.05, 3.63) is 35.4 Å². The van der Waals surface area contributed by atoms with Gasteiger partial charge in [0.1, 0.15) is 6.61 Å². The van der Waals surface area contributed by atoms with Gasteiger partial charge in [-0.3, -0.25) is 4.79 Å². The predicted octanol–water partition coefficient (Wildman–Crippen LogP) is 9.18. The molecule has 33 heavy (non-hydrogen) atoms. The van der Waals surface area contributed by atoms with Crippen LogP contribution in [-0.4, -0.2) is 19.6 Å². The highest BCUT2D eigenvalue weighted by molar-refractivity contribution is 8.00. The zero-order chi connectivity index (χ0) is 24.5. The Kier molecular flexibility index (Phi) is 11.4. The highest BCUT2D eigenvalue weighted by Crippen LogP contribution is 2.54. The molecule has 0 fully saturated rings. The van der Waals surface area contributed by atoms with E-state index < -0.39 is 96.8 Å². The molecule has 14 heteroatoms. The summed E-state index contributed by atoms with van der Waals surface area (Å²) in [6.45, 7) is 4.07. The van der Waals surface area contributed by atoms with Crippen LogP contribution in [-0.2, 0) is 0 Å². The number of hydrogen-bond donors (Lipinski definition) is 1. The van der Waals surface area contributed by atoms with Crippen molar-refractivity contribution in [3.8, 4) is 11.5 Å². The molecule has 0 atom stereocenters. The molecule has 0 aliphatic rings. The third-order valence-corrected chi connectivity index (χ3v) is 7.39. The second-order valence-electron chi connectivity index (χ2n) is 6.32. The van der Waals surface area contributed by atoms with E-state index in [2.05, 4.69) is 5.32 Å². The van der Waals surface area contributed by atoms with Gasteiger partial charge in [0.2, 0.25) is 0 Å². The summed E-state index contributed by atoms with van der Waals surface area (Å²) >= 11 is -2.73. The lowest BCUT2D eigenvalue weighted by Gasteiger charge is -2.18. The molecule has 0 bridgehead atoms. The fraction of sp³-hybridized carbons (Fsp3) is 0.211. The lowest BCUT2D eigenvalue weighted by atomic mass is 10.1. The molecule has 2 rings (SSSR count). The summed E-state index contributed by atoms with van der Waals surface area (Å²) in [7, 11) is 1.36. The van der Waals surface area contributed by atoms with Gasteiger partial charge in [0.05, 0.1) is 98.0 Å². The van der Waals surface area contributed by atoms with E-state index in [4.69, 9.17) is 9.47 Å². The van der Waals surface area contributed by atoms with E-state index in [1.807, 2.05) is 19.9 Å². The zero-order valence-electron chi connectivity index (χ0n) is 17.2. The highest BCUT2D eigenvalue weighted by Gasteiger charge is 2.29. The summed E-state index contributed by atoms with van der Waals surface area (Å²) in [6.07, 6.45) is 1.84. The van der Waals surface area contributed by atoms with Crippen molar-refractivity contribution in [3.63, 3.8) is 0 Å². The molecule has 2 aromatic rings. The molecule has 0 saturated carbocycles. The van der Waals surface area contributed by atoms with Crippen molar-refractivity contribution < 1.29 is 33.7 Å². The lowest BCUT2D eigenvalue weighted by molar-refractivity contribution is 0.102. The monoisotopic (exact) mass is 561 g/mol. The molecule has 0 unspecified atom stereocenters. The number of rotatable bonds is 11. The largest absolute Gasteiger partial charge is 0.493 e. The second-order valence-corrected chi connectivity index (χ2v) is 9.13. The number of allylic oxidation sites excluding steroid dienone is 1. The molecule has 0 heterocycles. The number of anilines is 1. The Morgan fingerprint density at radius 3 is 1.85 bits per heavy atom. The van der Waals surface area contributed by atoms with Crippen molar-refractivity contribution >= 4 is 72.3 Å². The Morgan fingerprint density at radius 1 is 0.879 bits per heavy atom. The maximum Gasteiger partial charge on any atom is 0.255 e. The Balaban J connectivity index is 2.48. The first-order valence-corrected chi connectivity index (χ1v) is 12.4. The summed E-state index contributed by atoms with van der Waals surface area (Å²) in [6, 6.07) is 4.18. The Morgan fingerprint density at radius 2 is 1.39 bits per heavy atom. The van der Waals surface area contributed by atoms with Crippen LogP contribution in [0.2, 0.25) is 0 Å². The number of benzene rings is 2. The molecule has 0 saturated heterocycles. The van der Waals surface area contributed by atoms with Crippen LogP contribution >= 0.6 is 60.7 Å². The van der Waals surface area contributed by atoms with Crippen molar-refractivity contribution in [2.24, 2.45) is 0 Å². The van der Waals surface area contributed by atoms with Gasteiger partial charge in [0, 0.05) is 5.56 Å². The Bertz CT molecular complexity index is 1000. The third kappa shape index (κ3) is 6.62. The van der Waals surface area contributed by atoms with Gasteiger partial charge in [-0.05, 0) is 38.1 Å². The average molecular weight is 562 g/mol. The van der Waals surface area contributed by atoms with Gasteiger partial charge < -0.3 is 14.8 Å². The topological polar surface area (TPSA) is 47.6 Å². The second kappa shape index (κ2) is 13.5. The van der Waals surface area contributed by atoms with Gasteiger partial charge in [-0.25, -0.2) is 0 Å². The molecular weight excluding hydrogens is 546 g/mol. The van der Waals surface area contributed by atoms with E-state index in [1.54, 1.807) is 0 Å². The van der Waals surface area contributed by atoms with E-state index in [1.165, 1.54) is 25.3 Å². The number of hydrogen-bond acceptors (Lipinski definition) is 8. The fourth-order valence-electron chi connectivity index (χ4n) is 2.52. The standard InChI is InChI=1S/C19H16F5NO3S5/c1-9(2)6-7-28-11-5-4-10(8-12(11)27-3)19(26)25-13-14(29-20)16(31-22)18(33-24)17(32-23)15(13)30-21/h4-6,8H,7H2,1-3H3,(H,25,26). The first-order chi connectivity index (χ1) is 15.9. The molecule has 4 nitrogen and oxygen atoms in total. The minimum absolute atomic E-state index is 0.0128. The molecule has 0 radical (unpaired) electrons. The maximum absolute atomic E-state index is 13.7. The van der Waals surface area contributed by atoms with Crippen LogP contribution in [0.4, 0.5) is 25.1 Å². The van der Waals surface area contributed by atoms with Gasteiger partial charge >= 0.3 is 0 Å². The zero-order valence-corrected chi connectivity index (χ0v) is 21.3. The van der Waals surface area contributed by atoms with E-state index in [0.717, 1.165) is 5.57 Å². The molecular formula is C19H16F5NO3S5. The third-order valence-electron chi connectivity index (χ3n) is 4.06. The lowest BCUT2D eigenvalue weighted by Crippen LogP contribution is -2.14. The molecule has 1 amide bonds. The van der Waals surface area contributed by atoms with Gasteiger partial charge in [0.15, 0.2) is 11.5 Å². The van der Waals surface area contributed by atoms with Crippen LogP contribution < -0.4 is 14.8 Å². The normalized spacial score (nSPS) is 10.7. The number of amides is 1. The first-order valence-electron chi connectivity index (χ1n) is 8.79. The summed E-state index contributed by atoms with van der Waals surface area (Å²) in [4.78, 5) is 9.76. The molecule has 1 N–H and O–H groups in total. The van der Waals surface area contributed by atoms with E-state index in [9.17, 15) is 24.2 Å². The molecule has 180 valence electrons. The van der Waals surface area contributed by atoms with Crippen molar-refractivity contribution in [1.82, 2.24) is 0 Å². The van der Waals surface area contributed by atoms with Crippen LogP contribution in [0.15, 0.2) is 54.3 Å². The van der Waals surface area contributed by atoms with Crippen molar-refractivity contribution in [2.75, 3.05) is 19.0 Å². The Labute approximate surface area is 209 Å². The average Bonchev–Trinajstić information content (AvgIpc) is 2.82. The van der Waals surface area contributed by atoms with E-state index in [0.29, 0.717) is 5.75 Å². The van der Waals surface area contributed by atoms with E-state index in [-0.39, 0.29) is 17.9 Å². The van der Waals surface area contributed by atoms with Gasteiger partial charge in [0.25, 0.3) is 5.91 Å². The summed E-state index contributed by atoms with van der Waals surface area (Å²) in [5, 5.41) is 2.27. The molecule has 2 aromatic carbocycles. The van der Waals surface area contributed by atoms with Crippen LogP contribution in [0.5, 0.6) is 11.5 Å². The van der Waals surface area contributed by atoms with Crippen LogP contribution in [0, 0.1) is 0 Å². The first kappa shape index (κ1) is 27.9. The fourth-order valence-corrected chi connectivity index (χ4v) is 5.37. The van der Waals surface area contributed by atoms with Gasteiger partial charge in [-0.1, -0.05) is 5.57 Å². The van der Waals surface area contributed by atoms with Crippen LogP contribution in [0.25, 0.3) is 0 Å². The van der Waals surface area contributed by atoms with E-state index >= 15 is 0 Å². The van der Waals surface area contributed by atoms with Crippen LogP contribution in [0.1, 0.15) is 24.2 Å². The smallest absolute Gasteiger partial charge is 0.255 e. The van der Waals surface area contributed by atoms with Gasteiger partial charge in [-0.15, -0.1) is 0 Å². The van der Waals surface area contributed by atoms with Crippen LogP contribution in [0.3, 0.4) is 0 Å². The van der Waals surface area contributed by atoms with Crippen molar-refractivity contribution in [1.29, 1.82) is 0 Å². The number of methoxy groups -OCH3 is 1. The molecule has 0 aliphatic carbocycles. The molecule has 0 aromatic heterocycles. The summed E-state index contributed by atoms with van der Waals surface area (Å²) in [5.41, 5.74) is 0.529. The number of halogens is 5. The minimum Gasteiger partial charge on any atom is -0.493 e. The Hall–Kier alpha value is -1.35. The maximum atomic E-state index is 13.7. The van der Waals surface area contributed by atoms with Gasteiger partial charge in [-0.2, -0.15) is 19.4 Å². The SMILES string of the molecule is COc1cc(C(=O)Nc2c(SF)c(SF)c(SF)c(SF)c2SF)ccc1OCC=C(C)C.